The molecule has 4 nitrogen and oxygen atoms in total. The highest BCUT2D eigenvalue weighted by Gasteiger charge is 2.12. The van der Waals surface area contributed by atoms with Crippen LogP contribution in [0.5, 0.6) is 0 Å². The van der Waals surface area contributed by atoms with Gasteiger partial charge in [-0.05, 0) is 41.6 Å². The van der Waals surface area contributed by atoms with Gasteiger partial charge in [0.1, 0.15) is 5.82 Å². The Morgan fingerprint density at radius 2 is 2.26 bits per heavy atom. The van der Waals surface area contributed by atoms with E-state index in [4.69, 9.17) is 11.6 Å². The number of carbonyl (C=O) groups excluding carboxylic acids is 1. The second-order valence-electron chi connectivity index (χ2n) is 5.05. The average molecular weight is 350 g/mol. The first kappa shape index (κ1) is 15.7. The first-order chi connectivity index (χ1) is 11.0. The molecule has 1 amide bonds. The minimum Gasteiger partial charge on any atom is -0.319 e. The zero-order chi connectivity index (χ0) is 16.4. The molecule has 0 saturated carbocycles. The third-order valence-electron chi connectivity index (χ3n) is 3.31. The van der Waals surface area contributed by atoms with Crippen molar-refractivity contribution >= 4 is 34.5 Å². The topological polar surface area (TPSA) is 46.9 Å². The van der Waals surface area contributed by atoms with Gasteiger partial charge in [0, 0.05) is 11.2 Å². The average Bonchev–Trinajstić information content (AvgIpc) is 3.11. The lowest BCUT2D eigenvalue weighted by molar-refractivity contribution is 0.103. The summed E-state index contributed by atoms with van der Waals surface area (Å²) in [6, 6.07) is 6.14. The quantitative estimate of drug-likeness (QED) is 0.761. The van der Waals surface area contributed by atoms with Crippen LogP contribution in [-0.4, -0.2) is 15.7 Å². The number of aromatic nitrogens is 2. The molecule has 0 radical (unpaired) electrons. The maximum Gasteiger partial charge on any atom is 0.266 e. The number of thiophene rings is 1. The summed E-state index contributed by atoms with van der Waals surface area (Å²) in [6.07, 6.45) is 3.28. The highest BCUT2D eigenvalue weighted by molar-refractivity contribution is 7.12. The van der Waals surface area contributed by atoms with Crippen molar-refractivity contribution in [2.75, 3.05) is 5.32 Å². The lowest BCUT2D eigenvalue weighted by Gasteiger charge is -2.04. The minimum atomic E-state index is -0.376. The van der Waals surface area contributed by atoms with E-state index in [9.17, 15) is 9.18 Å². The minimum absolute atomic E-state index is 0.156. The van der Waals surface area contributed by atoms with Crippen LogP contribution in [0.15, 0.2) is 42.0 Å². The maximum atomic E-state index is 13.0. The van der Waals surface area contributed by atoms with Crippen LogP contribution in [0, 0.1) is 12.7 Å². The van der Waals surface area contributed by atoms with Crippen molar-refractivity contribution in [2.24, 2.45) is 0 Å². The van der Waals surface area contributed by atoms with Gasteiger partial charge in [-0.15, -0.1) is 11.3 Å². The highest BCUT2D eigenvalue weighted by Crippen LogP contribution is 2.20. The molecular formula is C16H13ClFN3OS. The van der Waals surface area contributed by atoms with Crippen molar-refractivity contribution in [1.29, 1.82) is 0 Å². The Hall–Kier alpha value is -2.18. The molecule has 0 spiro atoms. The van der Waals surface area contributed by atoms with Crippen molar-refractivity contribution in [3.05, 3.63) is 68.9 Å². The zero-order valence-corrected chi connectivity index (χ0v) is 13.8. The number of hydrogen-bond acceptors (Lipinski definition) is 3. The molecule has 0 atom stereocenters. The molecule has 3 aromatic rings. The fraction of sp³-hybridized carbons (Fsp3) is 0.125. The molecule has 0 aliphatic heterocycles. The number of nitrogens with one attached hydrogen (secondary N) is 1. The van der Waals surface area contributed by atoms with Crippen LogP contribution in [0.3, 0.4) is 0 Å². The molecule has 0 bridgehead atoms. The number of anilines is 1. The molecule has 118 valence electrons. The normalized spacial score (nSPS) is 10.7. The Kier molecular flexibility index (Phi) is 4.45. The predicted molar refractivity (Wildman–Crippen MR) is 89.7 cm³/mol. The van der Waals surface area contributed by atoms with Gasteiger partial charge < -0.3 is 5.32 Å². The van der Waals surface area contributed by atoms with Crippen molar-refractivity contribution in [1.82, 2.24) is 9.78 Å². The molecule has 1 aromatic carbocycles. The fourth-order valence-corrected chi connectivity index (χ4v) is 3.18. The van der Waals surface area contributed by atoms with Gasteiger partial charge in [-0.25, -0.2) is 4.39 Å². The molecule has 0 saturated heterocycles. The van der Waals surface area contributed by atoms with E-state index < -0.39 is 0 Å². The van der Waals surface area contributed by atoms with Crippen LogP contribution in [-0.2, 0) is 6.54 Å². The van der Waals surface area contributed by atoms with E-state index in [1.807, 2.05) is 18.4 Å². The third-order valence-corrected chi connectivity index (χ3v) is 4.67. The second-order valence-corrected chi connectivity index (χ2v) is 6.37. The van der Waals surface area contributed by atoms with Crippen molar-refractivity contribution in [2.45, 2.75) is 13.5 Å². The Labute approximate surface area is 141 Å². The van der Waals surface area contributed by atoms with E-state index in [0.29, 0.717) is 22.1 Å². The van der Waals surface area contributed by atoms with Gasteiger partial charge in [0.25, 0.3) is 5.91 Å². The van der Waals surface area contributed by atoms with Crippen LogP contribution >= 0.6 is 22.9 Å². The summed E-state index contributed by atoms with van der Waals surface area (Å²) in [7, 11) is 0. The van der Waals surface area contributed by atoms with Gasteiger partial charge in [0.2, 0.25) is 0 Å². The number of hydrogen-bond donors (Lipinski definition) is 1. The number of carbonyl (C=O) groups is 1. The van der Waals surface area contributed by atoms with E-state index in [1.165, 1.54) is 23.5 Å². The molecule has 0 unspecified atom stereocenters. The van der Waals surface area contributed by atoms with Crippen LogP contribution in [0.4, 0.5) is 10.1 Å². The fourth-order valence-electron chi connectivity index (χ4n) is 2.13. The van der Waals surface area contributed by atoms with Gasteiger partial charge in [-0.3, -0.25) is 9.48 Å². The van der Waals surface area contributed by atoms with Gasteiger partial charge in [-0.2, -0.15) is 5.10 Å². The van der Waals surface area contributed by atoms with Crippen LogP contribution in [0.2, 0.25) is 5.02 Å². The van der Waals surface area contributed by atoms with E-state index in [0.717, 1.165) is 11.1 Å². The Bertz CT molecular complexity index is 859. The molecular weight excluding hydrogens is 337 g/mol. The van der Waals surface area contributed by atoms with E-state index >= 15 is 0 Å². The highest BCUT2D eigenvalue weighted by atomic mass is 35.5. The molecule has 0 fully saturated rings. The Balaban J connectivity index is 1.71. The second kappa shape index (κ2) is 6.52. The van der Waals surface area contributed by atoms with Crippen LogP contribution in [0.25, 0.3) is 0 Å². The lowest BCUT2D eigenvalue weighted by atomic mass is 10.2. The molecule has 23 heavy (non-hydrogen) atoms. The summed E-state index contributed by atoms with van der Waals surface area (Å²) in [4.78, 5) is 12.8. The summed E-state index contributed by atoms with van der Waals surface area (Å²) < 4.78 is 14.7. The zero-order valence-electron chi connectivity index (χ0n) is 12.2. The van der Waals surface area contributed by atoms with Crippen molar-refractivity contribution < 1.29 is 9.18 Å². The van der Waals surface area contributed by atoms with Crippen LogP contribution in [0.1, 0.15) is 20.8 Å². The van der Waals surface area contributed by atoms with Gasteiger partial charge in [0.15, 0.2) is 0 Å². The lowest BCUT2D eigenvalue weighted by Crippen LogP contribution is -2.10. The van der Waals surface area contributed by atoms with Crippen molar-refractivity contribution in [3.63, 3.8) is 0 Å². The van der Waals surface area contributed by atoms with Gasteiger partial charge >= 0.3 is 0 Å². The number of benzene rings is 1. The molecule has 0 aliphatic rings. The number of amides is 1. The summed E-state index contributed by atoms with van der Waals surface area (Å²) >= 11 is 7.40. The first-order valence-electron chi connectivity index (χ1n) is 6.85. The van der Waals surface area contributed by atoms with E-state index in [-0.39, 0.29) is 11.7 Å². The number of halogens is 2. The Morgan fingerprint density at radius 1 is 1.43 bits per heavy atom. The molecule has 3 rings (SSSR count). The van der Waals surface area contributed by atoms with Gasteiger partial charge in [-0.1, -0.05) is 17.7 Å². The number of rotatable bonds is 4. The van der Waals surface area contributed by atoms with Gasteiger partial charge in [0.05, 0.1) is 23.3 Å². The standard InChI is InChI=1S/C16H13ClFN3OS/c1-10-4-5-23-15(10)16(22)20-13-7-19-21(9-13)8-11-2-3-12(18)6-14(11)17/h2-7,9H,8H2,1H3,(H,20,22). The molecule has 2 heterocycles. The first-order valence-corrected chi connectivity index (χ1v) is 8.10. The molecule has 0 aliphatic carbocycles. The predicted octanol–water partition coefficient (Wildman–Crippen LogP) is 4.35. The number of nitrogens with zero attached hydrogens (tertiary/aromatic N) is 2. The third kappa shape index (κ3) is 3.60. The van der Waals surface area contributed by atoms with E-state index in [1.54, 1.807) is 23.1 Å². The largest absolute Gasteiger partial charge is 0.319 e. The Morgan fingerprint density at radius 3 is 2.96 bits per heavy atom. The maximum absolute atomic E-state index is 13.0. The summed E-state index contributed by atoms with van der Waals surface area (Å²) in [6.45, 7) is 2.29. The smallest absolute Gasteiger partial charge is 0.266 e. The molecule has 7 heteroatoms. The summed E-state index contributed by atoms with van der Waals surface area (Å²) in [5.41, 5.74) is 2.29. The van der Waals surface area contributed by atoms with Crippen molar-refractivity contribution in [3.8, 4) is 0 Å². The number of aryl methyl sites for hydroxylation is 1. The molecule has 2 aromatic heterocycles. The molecule has 1 N–H and O–H groups in total. The SMILES string of the molecule is Cc1ccsc1C(=O)Nc1cnn(Cc2ccc(F)cc2Cl)c1. The monoisotopic (exact) mass is 349 g/mol. The summed E-state index contributed by atoms with van der Waals surface area (Å²) in [5.74, 6) is -0.532. The van der Waals surface area contributed by atoms with E-state index in [2.05, 4.69) is 10.4 Å². The van der Waals surface area contributed by atoms with Crippen LogP contribution < -0.4 is 5.32 Å². The summed E-state index contributed by atoms with van der Waals surface area (Å²) in [5, 5.41) is 9.22.